The Bertz CT molecular complexity index is 291. The van der Waals surface area contributed by atoms with Gasteiger partial charge in [0.25, 0.3) is 0 Å². The average molecular weight is 220 g/mol. The van der Waals surface area contributed by atoms with Crippen LogP contribution >= 0.6 is 0 Å². The first-order valence-corrected chi connectivity index (χ1v) is 6.90. The Labute approximate surface area is 99.3 Å². The molecule has 2 aliphatic carbocycles. The van der Waals surface area contributed by atoms with Crippen LogP contribution in [-0.4, -0.2) is 11.2 Å². The Morgan fingerprint density at radius 2 is 1.94 bits per heavy atom. The van der Waals surface area contributed by atoms with E-state index in [1.165, 1.54) is 49.7 Å². The number of rotatable bonds is 3. The molecule has 2 aliphatic rings. The van der Waals surface area contributed by atoms with Crippen molar-refractivity contribution in [3.8, 4) is 0 Å². The number of hydrogen-bond acceptors (Lipinski definition) is 1. The summed E-state index contributed by atoms with van der Waals surface area (Å²) in [6, 6.07) is 0. The third-order valence-electron chi connectivity index (χ3n) is 3.99. The highest BCUT2D eigenvalue weighted by atomic mass is 16.3. The van der Waals surface area contributed by atoms with Gasteiger partial charge in [-0.3, -0.25) is 0 Å². The standard InChI is InChI=1S/C15H24O/c1-2-3-4-9-13-10-11-14(15(13)16)12-7-5-6-8-12/h9,15-16H,2-8,10-11H2,1H3/b13-9-. The van der Waals surface area contributed by atoms with Gasteiger partial charge in [0.15, 0.2) is 0 Å². The van der Waals surface area contributed by atoms with Crippen LogP contribution in [0, 0.1) is 0 Å². The molecule has 16 heavy (non-hydrogen) atoms. The van der Waals surface area contributed by atoms with E-state index in [4.69, 9.17) is 0 Å². The Morgan fingerprint density at radius 3 is 2.62 bits per heavy atom. The molecule has 1 nitrogen and oxygen atoms in total. The fourth-order valence-corrected chi connectivity index (χ4v) is 2.97. The number of hydrogen-bond donors (Lipinski definition) is 1. The number of aliphatic hydroxyl groups is 1. The van der Waals surface area contributed by atoms with E-state index in [0.29, 0.717) is 0 Å². The van der Waals surface area contributed by atoms with Crippen molar-refractivity contribution in [1.82, 2.24) is 0 Å². The van der Waals surface area contributed by atoms with E-state index in [0.717, 1.165) is 19.3 Å². The van der Waals surface area contributed by atoms with Crippen molar-refractivity contribution < 1.29 is 5.11 Å². The summed E-state index contributed by atoms with van der Waals surface area (Å²) in [4.78, 5) is 0. The van der Waals surface area contributed by atoms with Gasteiger partial charge in [0.2, 0.25) is 0 Å². The summed E-state index contributed by atoms with van der Waals surface area (Å²) in [5.41, 5.74) is 4.24. The maximum absolute atomic E-state index is 10.3. The minimum Gasteiger partial charge on any atom is -0.384 e. The maximum Gasteiger partial charge on any atom is 0.0963 e. The second-order valence-electron chi connectivity index (χ2n) is 5.16. The number of aliphatic hydroxyl groups excluding tert-OH is 1. The molecule has 1 atom stereocenters. The molecule has 2 rings (SSSR count). The molecule has 90 valence electrons. The van der Waals surface area contributed by atoms with Gasteiger partial charge in [-0.05, 0) is 56.1 Å². The number of allylic oxidation sites excluding steroid dienone is 2. The normalized spacial score (nSPS) is 28.4. The molecule has 0 bridgehead atoms. The van der Waals surface area contributed by atoms with Crippen LogP contribution in [0.15, 0.2) is 22.8 Å². The summed E-state index contributed by atoms with van der Waals surface area (Å²) in [6.45, 7) is 2.22. The smallest absolute Gasteiger partial charge is 0.0963 e. The molecule has 0 radical (unpaired) electrons. The van der Waals surface area contributed by atoms with Gasteiger partial charge in [0.1, 0.15) is 0 Å². The van der Waals surface area contributed by atoms with Crippen LogP contribution in [0.3, 0.4) is 0 Å². The highest BCUT2D eigenvalue weighted by Gasteiger charge is 2.27. The van der Waals surface area contributed by atoms with Crippen LogP contribution in [0.25, 0.3) is 0 Å². The quantitative estimate of drug-likeness (QED) is 0.560. The molecular formula is C15H24O. The van der Waals surface area contributed by atoms with Gasteiger partial charge < -0.3 is 5.11 Å². The summed E-state index contributed by atoms with van der Waals surface area (Å²) in [5.74, 6) is 0. The molecule has 0 amide bonds. The van der Waals surface area contributed by atoms with E-state index >= 15 is 0 Å². The lowest BCUT2D eigenvalue weighted by Crippen LogP contribution is -2.07. The third kappa shape index (κ3) is 2.57. The molecule has 0 aromatic heterocycles. The fourth-order valence-electron chi connectivity index (χ4n) is 2.97. The molecule has 2 saturated carbocycles. The predicted molar refractivity (Wildman–Crippen MR) is 68.3 cm³/mol. The van der Waals surface area contributed by atoms with Crippen LogP contribution in [0.4, 0.5) is 0 Å². The minimum atomic E-state index is -0.218. The van der Waals surface area contributed by atoms with Gasteiger partial charge in [-0.25, -0.2) is 0 Å². The van der Waals surface area contributed by atoms with Crippen molar-refractivity contribution in [2.75, 3.05) is 0 Å². The average Bonchev–Trinajstić information content (AvgIpc) is 2.89. The zero-order valence-corrected chi connectivity index (χ0v) is 10.5. The molecule has 2 fully saturated rings. The molecule has 0 saturated heterocycles. The summed E-state index contributed by atoms with van der Waals surface area (Å²) in [7, 11) is 0. The van der Waals surface area contributed by atoms with E-state index in [1.54, 1.807) is 5.57 Å². The van der Waals surface area contributed by atoms with E-state index < -0.39 is 0 Å². The van der Waals surface area contributed by atoms with Crippen molar-refractivity contribution in [3.63, 3.8) is 0 Å². The Hall–Kier alpha value is -0.560. The van der Waals surface area contributed by atoms with Gasteiger partial charge in [0.05, 0.1) is 6.10 Å². The highest BCUT2D eigenvalue weighted by Crippen LogP contribution is 2.38. The molecule has 0 aromatic carbocycles. The van der Waals surface area contributed by atoms with Crippen LogP contribution in [0.2, 0.25) is 0 Å². The molecule has 0 heterocycles. The summed E-state index contributed by atoms with van der Waals surface area (Å²) >= 11 is 0. The van der Waals surface area contributed by atoms with Gasteiger partial charge in [-0.1, -0.05) is 31.4 Å². The summed E-state index contributed by atoms with van der Waals surface area (Å²) in [5, 5.41) is 10.3. The zero-order chi connectivity index (χ0) is 11.4. The van der Waals surface area contributed by atoms with Gasteiger partial charge in [0, 0.05) is 0 Å². The minimum absolute atomic E-state index is 0.218. The first-order valence-electron chi connectivity index (χ1n) is 6.90. The first-order chi connectivity index (χ1) is 7.83. The van der Waals surface area contributed by atoms with Crippen molar-refractivity contribution in [2.24, 2.45) is 0 Å². The topological polar surface area (TPSA) is 20.2 Å². The second-order valence-corrected chi connectivity index (χ2v) is 5.16. The lowest BCUT2D eigenvalue weighted by atomic mass is 10.0. The molecule has 1 unspecified atom stereocenters. The monoisotopic (exact) mass is 220 g/mol. The second kappa shape index (κ2) is 5.67. The number of unbranched alkanes of at least 4 members (excludes halogenated alkanes) is 2. The van der Waals surface area contributed by atoms with Gasteiger partial charge in [-0.15, -0.1) is 0 Å². The van der Waals surface area contributed by atoms with E-state index in [-0.39, 0.29) is 6.10 Å². The summed E-state index contributed by atoms with van der Waals surface area (Å²) in [6.07, 6.45) is 13.1. The lowest BCUT2D eigenvalue weighted by molar-refractivity contribution is 0.253. The van der Waals surface area contributed by atoms with Crippen LogP contribution in [-0.2, 0) is 0 Å². The van der Waals surface area contributed by atoms with Crippen LogP contribution in [0.5, 0.6) is 0 Å². The Balaban J connectivity index is 2.01. The van der Waals surface area contributed by atoms with Crippen molar-refractivity contribution >= 4 is 0 Å². The predicted octanol–water partition coefficient (Wildman–Crippen LogP) is 4.13. The molecule has 0 spiro atoms. The zero-order valence-electron chi connectivity index (χ0n) is 10.5. The van der Waals surface area contributed by atoms with Crippen LogP contribution in [0.1, 0.15) is 64.7 Å². The Morgan fingerprint density at radius 1 is 1.19 bits per heavy atom. The van der Waals surface area contributed by atoms with E-state index in [9.17, 15) is 5.11 Å². The molecular weight excluding hydrogens is 196 g/mol. The summed E-state index contributed by atoms with van der Waals surface area (Å²) < 4.78 is 0. The molecule has 0 aliphatic heterocycles. The molecule has 1 N–H and O–H groups in total. The molecule has 1 heteroatoms. The van der Waals surface area contributed by atoms with Gasteiger partial charge >= 0.3 is 0 Å². The van der Waals surface area contributed by atoms with Crippen LogP contribution < -0.4 is 0 Å². The third-order valence-corrected chi connectivity index (χ3v) is 3.99. The van der Waals surface area contributed by atoms with Gasteiger partial charge in [-0.2, -0.15) is 0 Å². The largest absolute Gasteiger partial charge is 0.384 e. The van der Waals surface area contributed by atoms with Crippen molar-refractivity contribution in [2.45, 2.75) is 70.8 Å². The lowest BCUT2D eigenvalue weighted by Gasteiger charge is -2.10. The maximum atomic E-state index is 10.3. The SMILES string of the molecule is CCCC/C=C1/CCC(=C2CCCC2)C1O. The Kier molecular flexibility index (Phi) is 4.22. The first kappa shape index (κ1) is 11.9. The van der Waals surface area contributed by atoms with E-state index in [2.05, 4.69) is 13.0 Å². The van der Waals surface area contributed by atoms with Crippen molar-refractivity contribution in [3.05, 3.63) is 22.8 Å². The van der Waals surface area contributed by atoms with Crippen molar-refractivity contribution in [1.29, 1.82) is 0 Å². The fraction of sp³-hybridized carbons (Fsp3) is 0.733. The highest BCUT2D eigenvalue weighted by molar-refractivity contribution is 5.35. The van der Waals surface area contributed by atoms with E-state index in [1.807, 2.05) is 0 Å². The molecule has 0 aromatic rings.